The monoisotopic (exact) mass is 410 g/mol. The summed E-state index contributed by atoms with van der Waals surface area (Å²) in [6, 6.07) is 8.51. The van der Waals surface area contributed by atoms with E-state index in [1.807, 2.05) is 22.9 Å². The number of aryl methyl sites for hydroxylation is 1. The number of rotatable bonds is 9. The van der Waals surface area contributed by atoms with Crippen molar-refractivity contribution in [2.75, 3.05) is 13.2 Å². The molecule has 1 aliphatic carbocycles. The number of hydrogen-bond acceptors (Lipinski definition) is 6. The van der Waals surface area contributed by atoms with Crippen molar-refractivity contribution in [2.45, 2.75) is 64.6 Å². The highest BCUT2D eigenvalue weighted by atomic mass is 16.3. The number of nitrogens with zero attached hydrogens (tertiary/aromatic N) is 5. The fourth-order valence-corrected chi connectivity index (χ4v) is 4.34. The maximum atomic E-state index is 12.7. The third kappa shape index (κ3) is 4.60. The Balaban J connectivity index is 1.58. The van der Waals surface area contributed by atoms with Gasteiger partial charge in [-0.1, -0.05) is 25.8 Å². The van der Waals surface area contributed by atoms with Gasteiger partial charge in [0.25, 0.3) is 5.56 Å². The molecule has 2 aromatic heterocycles. The summed E-state index contributed by atoms with van der Waals surface area (Å²) < 4.78 is 1.96. The summed E-state index contributed by atoms with van der Waals surface area (Å²) in [7, 11) is 0. The third-order valence-corrected chi connectivity index (χ3v) is 6.02. The quantitative estimate of drug-likeness (QED) is 0.562. The van der Waals surface area contributed by atoms with Crippen molar-refractivity contribution in [3.63, 3.8) is 0 Å². The highest BCUT2D eigenvalue weighted by Crippen LogP contribution is 2.29. The second-order valence-electron chi connectivity index (χ2n) is 8.16. The number of nitrogens with one attached hydrogen (secondary N) is 1. The molecule has 0 amide bonds. The molecule has 160 valence electrons. The Bertz CT molecular complexity index is 1040. The fourth-order valence-electron chi connectivity index (χ4n) is 4.34. The van der Waals surface area contributed by atoms with E-state index in [1.54, 1.807) is 0 Å². The lowest BCUT2D eigenvalue weighted by Gasteiger charge is -2.22. The average Bonchev–Trinajstić information content (AvgIpc) is 3.44. The zero-order chi connectivity index (χ0) is 20.9. The molecule has 0 aliphatic heterocycles. The molecule has 1 aliphatic rings. The van der Waals surface area contributed by atoms with Gasteiger partial charge in [0.1, 0.15) is 0 Å². The number of hydrogen-bond donors (Lipinski definition) is 2. The van der Waals surface area contributed by atoms with Crippen molar-refractivity contribution >= 4 is 10.9 Å². The summed E-state index contributed by atoms with van der Waals surface area (Å²) in [4.78, 5) is 17.9. The van der Waals surface area contributed by atoms with Crippen LogP contribution in [-0.4, -0.2) is 48.3 Å². The molecule has 8 nitrogen and oxygen atoms in total. The number of H-pyrrole nitrogens is 1. The van der Waals surface area contributed by atoms with Gasteiger partial charge in [-0.15, -0.1) is 5.10 Å². The van der Waals surface area contributed by atoms with Gasteiger partial charge in [0.05, 0.1) is 12.6 Å². The largest absolute Gasteiger partial charge is 0.396 e. The summed E-state index contributed by atoms with van der Waals surface area (Å²) >= 11 is 0. The third-order valence-electron chi connectivity index (χ3n) is 6.02. The van der Waals surface area contributed by atoms with Crippen LogP contribution in [0.1, 0.15) is 62.0 Å². The Kier molecular flexibility index (Phi) is 6.54. The van der Waals surface area contributed by atoms with E-state index < -0.39 is 0 Å². The Labute approximate surface area is 175 Å². The predicted octanol–water partition coefficient (Wildman–Crippen LogP) is 2.58. The normalized spacial score (nSPS) is 14.9. The molecule has 0 spiro atoms. The van der Waals surface area contributed by atoms with Crippen LogP contribution in [0.2, 0.25) is 0 Å². The second kappa shape index (κ2) is 9.49. The summed E-state index contributed by atoms with van der Waals surface area (Å²) in [5.41, 5.74) is 2.74. The number of pyridine rings is 1. The lowest BCUT2D eigenvalue weighted by atomic mass is 10.1. The maximum Gasteiger partial charge on any atom is 0.252 e. The molecule has 2 N–H and O–H groups in total. The van der Waals surface area contributed by atoms with Crippen LogP contribution < -0.4 is 5.56 Å². The smallest absolute Gasteiger partial charge is 0.252 e. The highest BCUT2D eigenvalue weighted by molar-refractivity contribution is 5.79. The van der Waals surface area contributed by atoms with Gasteiger partial charge in [0, 0.05) is 30.8 Å². The molecule has 0 saturated heterocycles. The SMILES string of the molecule is CCc1ccc2[nH]c(=O)c(CN(CCCO)Cc3nnnn3C3CCCC3)cc2c1. The van der Waals surface area contributed by atoms with E-state index >= 15 is 0 Å². The maximum absolute atomic E-state index is 12.7. The number of aromatic amines is 1. The lowest BCUT2D eigenvalue weighted by molar-refractivity contribution is 0.204. The Morgan fingerprint density at radius 2 is 2.07 bits per heavy atom. The van der Waals surface area contributed by atoms with Crippen molar-refractivity contribution in [3.8, 4) is 0 Å². The summed E-state index contributed by atoms with van der Waals surface area (Å²) in [5, 5.41) is 22.8. The van der Waals surface area contributed by atoms with E-state index in [9.17, 15) is 9.90 Å². The first kappa shape index (κ1) is 20.7. The molecule has 30 heavy (non-hydrogen) atoms. The topological polar surface area (TPSA) is 99.9 Å². The van der Waals surface area contributed by atoms with Crippen LogP contribution in [0, 0.1) is 0 Å². The molecular weight excluding hydrogens is 380 g/mol. The number of aromatic nitrogens is 5. The second-order valence-corrected chi connectivity index (χ2v) is 8.16. The summed E-state index contributed by atoms with van der Waals surface area (Å²) in [6.07, 6.45) is 6.24. The van der Waals surface area contributed by atoms with Gasteiger partial charge in [-0.2, -0.15) is 0 Å². The van der Waals surface area contributed by atoms with Crippen LogP contribution in [0.25, 0.3) is 10.9 Å². The van der Waals surface area contributed by atoms with Crippen LogP contribution in [0.3, 0.4) is 0 Å². The number of tetrazole rings is 1. The zero-order valence-electron chi connectivity index (χ0n) is 17.5. The van der Waals surface area contributed by atoms with Gasteiger partial charge in [-0.25, -0.2) is 4.68 Å². The molecule has 1 fully saturated rings. The van der Waals surface area contributed by atoms with Crippen LogP contribution in [-0.2, 0) is 19.5 Å². The molecule has 1 aromatic carbocycles. The van der Waals surface area contributed by atoms with E-state index in [2.05, 4.69) is 38.4 Å². The minimum atomic E-state index is -0.0730. The Hall–Kier alpha value is -2.58. The van der Waals surface area contributed by atoms with Crippen molar-refractivity contribution in [2.24, 2.45) is 0 Å². The van der Waals surface area contributed by atoms with Crippen LogP contribution >= 0.6 is 0 Å². The van der Waals surface area contributed by atoms with E-state index in [-0.39, 0.29) is 12.2 Å². The van der Waals surface area contributed by atoms with Gasteiger partial charge in [0.2, 0.25) is 0 Å². The number of benzene rings is 1. The number of aliphatic hydroxyl groups is 1. The van der Waals surface area contributed by atoms with Crippen molar-refractivity contribution in [1.29, 1.82) is 0 Å². The molecule has 3 aromatic rings. The van der Waals surface area contributed by atoms with Crippen LogP contribution in [0.4, 0.5) is 0 Å². The fraction of sp³-hybridized carbons (Fsp3) is 0.545. The van der Waals surface area contributed by atoms with Crippen molar-refractivity contribution in [1.82, 2.24) is 30.1 Å². The number of fused-ring (bicyclic) bond motifs is 1. The van der Waals surface area contributed by atoms with Gasteiger partial charge in [0.15, 0.2) is 5.82 Å². The predicted molar refractivity (Wildman–Crippen MR) is 115 cm³/mol. The van der Waals surface area contributed by atoms with Crippen molar-refractivity contribution in [3.05, 3.63) is 51.6 Å². The molecule has 1 saturated carbocycles. The van der Waals surface area contributed by atoms with E-state index in [1.165, 1.54) is 18.4 Å². The zero-order valence-corrected chi connectivity index (χ0v) is 17.5. The molecule has 0 radical (unpaired) electrons. The summed E-state index contributed by atoms with van der Waals surface area (Å²) in [5.74, 6) is 0.824. The van der Waals surface area contributed by atoms with E-state index in [0.29, 0.717) is 37.7 Å². The van der Waals surface area contributed by atoms with Gasteiger partial charge in [-0.3, -0.25) is 9.69 Å². The van der Waals surface area contributed by atoms with Gasteiger partial charge < -0.3 is 10.1 Å². The Morgan fingerprint density at radius 1 is 1.23 bits per heavy atom. The highest BCUT2D eigenvalue weighted by Gasteiger charge is 2.23. The molecular formula is C22H30N6O2. The lowest BCUT2D eigenvalue weighted by Crippen LogP contribution is -2.30. The first-order valence-electron chi connectivity index (χ1n) is 10.9. The molecule has 2 heterocycles. The average molecular weight is 411 g/mol. The molecule has 0 bridgehead atoms. The van der Waals surface area contributed by atoms with Gasteiger partial charge in [-0.05, 0) is 65.3 Å². The standard InChI is InChI=1S/C22H30N6O2/c1-2-16-8-9-20-17(12-16)13-18(22(30)23-20)14-27(10-5-11-29)15-21-24-25-26-28(21)19-6-3-4-7-19/h8-9,12-13,19,29H,2-7,10-11,14-15H2,1H3,(H,23,30). The molecule has 4 rings (SSSR count). The first-order chi connectivity index (χ1) is 14.7. The van der Waals surface area contributed by atoms with Crippen molar-refractivity contribution < 1.29 is 5.11 Å². The van der Waals surface area contributed by atoms with Crippen LogP contribution in [0.15, 0.2) is 29.1 Å². The minimum Gasteiger partial charge on any atom is -0.396 e. The first-order valence-corrected chi connectivity index (χ1v) is 10.9. The Morgan fingerprint density at radius 3 is 2.83 bits per heavy atom. The molecule has 8 heteroatoms. The molecule has 0 atom stereocenters. The van der Waals surface area contributed by atoms with E-state index in [0.717, 1.165) is 36.0 Å². The minimum absolute atomic E-state index is 0.0730. The van der Waals surface area contributed by atoms with Crippen LogP contribution in [0.5, 0.6) is 0 Å². The van der Waals surface area contributed by atoms with E-state index in [4.69, 9.17) is 0 Å². The number of aliphatic hydroxyl groups excluding tert-OH is 1. The van der Waals surface area contributed by atoms with Gasteiger partial charge >= 0.3 is 0 Å². The summed E-state index contributed by atoms with van der Waals surface area (Å²) in [6.45, 7) is 3.94. The molecule has 0 unspecified atom stereocenters.